The van der Waals surface area contributed by atoms with Crippen LogP contribution in [0.1, 0.15) is 10.4 Å². The molecule has 0 aliphatic heterocycles. The molecule has 3 aromatic rings. The smallest absolute Gasteiger partial charge is 0.258 e. The summed E-state index contributed by atoms with van der Waals surface area (Å²) in [4.78, 5) is 19.6. The van der Waals surface area contributed by atoms with Crippen molar-refractivity contribution in [3.63, 3.8) is 0 Å². The van der Waals surface area contributed by atoms with Crippen molar-refractivity contribution in [1.29, 1.82) is 0 Å². The molecule has 1 N–H and O–H groups in total. The van der Waals surface area contributed by atoms with Crippen molar-refractivity contribution >= 4 is 11.6 Å². The van der Waals surface area contributed by atoms with Gasteiger partial charge in [0.15, 0.2) is 0 Å². The van der Waals surface area contributed by atoms with Gasteiger partial charge in [0.05, 0.1) is 5.56 Å². The second kappa shape index (κ2) is 5.96. The zero-order valence-corrected chi connectivity index (χ0v) is 11.2. The van der Waals surface area contributed by atoms with Gasteiger partial charge in [-0.15, -0.1) is 0 Å². The number of nitrogens with one attached hydrogen (secondary N) is 1. The normalized spacial score (nSPS) is 10.1. The van der Waals surface area contributed by atoms with E-state index < -0.39 is 0 Å². The Labute approximate surface area is 122 Å². The Bertz CT molecular complexity index is 725. The lowest BCUT2D eigenvalue weighted by Crippen LogP contribution is -2.12. The zero-order chi connectivity index (χ0) is 14.5. The highest BCUT2D eigenvalue weighted by molar-refractivity contribution is 6.03. The van der Waals surface area contributed by atoms with Crippen molar-refractivity contribution in [3.05, 3.63) is 78.9 Å². The van der Waals surface area contributed by atoms with Crippen LogP contribution in [0.4, 0.5) is 5.69 Å². The van der Waals surface area contributed by atoms with Gasteiger partial charge in [-0.3, -0.25) is 4.79 Å². The van der Waals surface area contributed by atoms with E-state index in [1.54, 1.807) is 0 Å². The van der Waals surface area contributed by atoms with Crippen molar-refractivity contribution in [2.75, 3.05) is 5.32 Å². The fourth-order valence-electron chi connectivity index (χ4n) is 2.00. The first-order valence-corrected chi connectivity index (χ1v) is 6.55. The average molecular weight is 275 g/mol. The van der Waals surface area contributed by atoms with Crippen LogP contribution in [0.2, 0.25) is 0 Å². The standard InChI is InChI=1S/C17H13N3O/c21-17(15-10-18-12-19-11-15)20-16-8-6-14(7-9-16)13-4-2-1-3-5-13/h1-12H,(H,20,21). The number of hydrogen-bond donors (Lipinski definition) is 1. The van der Waals surface area contributed by atoms with Gasteiger partial charge in [0.2, 0.25) is 0 Å². The van der Waals surface area contributed by atoms with Gasteiger partial charge in [-0.25, -0.2) is 9.97 Å². The van der Waals surface area contributed by atoms with E-state index in [4.69, 9.17) is 0 Å². The van der Waals surface area contributed by atoms with Crippen molar-refractivity contribution in [2.45, 2.75) is 0 Å². The molecule has 0 atom stereocenters. The lowest BCUT2D eigenvalue weighted by atomic mass is 10.1. The minimum atomic E-state index is -0.219. The zero-order valence-electron chi connectivity index (χ0n) is 11.2. The Balaban J connectivity index is 1.75. The fourth-order valence-corrected chi connectivity index (χ4v) is 2.00. The number of nitrogens with zero attached hydrogens (tertiary/aromatic N) is 2. The van der Waals surface area contributed by atoms with Crippen LogP contribution >= 0.6 is 0 Å². The van der Waals surface area contributed by atoms with Gasteiger partial charge >= 0.3 is 0 Å². The number of hydrogen-bond acceptors (Lipinski definition) is 3. The lowest BCUT2D eigenvalue weighted by Gasteiger charge is -2.06. The van der Waals surface area contributed by atoms with Gasteiger partial charge in [-0.05, 0) is 23.3 Å². The molecular formula is C17H13N3O. The van der Waals surface area contributed by atoms with E-state index in [9.17, 15) is 4.79 Å². The Morgan fingerprint density at radius 2 is 1.43 bits per heavy atom. The quantitative estimate of drug-likeness (QED) is 0.797. The van der Waals surface area contributed by atoms with Crippen LogP contribution in [0, 0.1) is 0 Å². The summed E-state index contributed by atoms with van der Waals surface area (Å²) in [6, 6.07) is 17.8. The molecule has 21 heavy (non-hydrogen) atoms. The second-order valence-electron chi connectivity index (χ2n) is 4.52. The van der Waals surface area contributed by atoms with Crippen LogP contribution < -0.4 is 5.32 Å². The van der Waals surface area contributed by atoms with E-state index in [1.807, 2.05) is 42.5 Å². The maximum atomic E-state index is 12.0. The van der Waals surface area contributed by atoms with Gasteiger partial charge in [-0.1, -0.05) is 42.5 Å². The summed E-state index contributed by atoms with van der Waals surface area (Å²) in [7, 11) is 0. The predicted molar refractivity (Wildman–Crippen MR) is 81.9 cm³/mol. The number of rotatable bonds is 3. The van der Waals surface area contributed by atoms with Gasteiger partial charge in [0, 0.05) is 18.1 Å². The molecular weight excluding hydrogens is 262 g/mol. The van der Waals surface area contributed by atoms with Gasteiger partial charge in [0.25, 0.3) is 5.91 Å². The molecule has 3 rings (SSSR count). The highest BCUT2D eigenvalue weighted by Gasteiger charge is 2.06. The lowest BCUT2D eigenvalue weighted by molar-refractivity contribution is 0.102. The topological polar surface area (TPSA) is 54.9 Å². The summed E-state index contributed by atoms with van der Waals surface area (Å²) in [6.07, 6.45) is 4.37. The first-order valence-electron chi connectivity index (χ1n) is 6.55. The summed E-state index contributed by atoms with van der Waals surface area (Å²) >= 11 is 0. The molecule has 0 radical (unpaired) electrons. The molecule has 0 aliphatic rings. The molecule has 1 heterocycles. The molecule has 0 saturated heterocycles. The Morgan fingerprint density at radius 3 is 2.10 bits per heavy atom. The first kappa shape index (κ1) is 13.0. The van der Waals surface area contributed by atoms with E-state index >= 15 is 0 Å². The number of anilines is 1. The van der Waals surface area contributed by atoms with E-state index in [0.29, 0.717) is 5.56 Å². The van der Waals surface area contributed by atoms with E-state index in [2.05, 4.69) is 27.4 Å². The molecule has 4 nitrogen and oxygen atoms in total. The number of carbonyl (C=O) groups is 1. The van der Waals surface area contributed by atoms with E-state index in [-0.39, 0.29) is 5.91 Å². The number of carbonyl (C=O) groups excluding carboxylic acids is 1. The first-order chi connectivity index (χ1) is 10.3. The summed E-state index contributed by atoms with van der Waals surface area (Å²) in [5.74, 6) is -0.219. The maximum absolute atomic E-state index is 12.0. The molecule has 1 aromatic heterocycles. The average Bonchev–Trinajstić information content (AvgIpc) is 2.57. The predicted octanol–water partition coefficient (Wildman–Crippen LogP) is 3.40. The van der Waals surface area contributed by atoms with Crippen molar-refractivity contribution in [1.82, 2.24) is 9.97 Å². The third-order valence-electron chi connectivity index (χ3n) is 3.07. The third kappa shape index (κ3) is 3.12. The number of benzene rings is 2. The highest BCUT2D eigenvalue weighted by atomic mass is 16.1. The molecule has 0 fully saturated rings. The monoisotopic (exact) mass is 275 g/mol. The second-order valence-corrected chi connectivity index (χ2v) is 4.52. The van der Waals surface area contributed by atoms with Crippen LogP contribution in [-0.4, -0.2) is 15.9 Å². The van der Waals surface area contributed by atoms with Crippen LogP contribution in [0.25, 0.3) is 11.1 Å². The van der Waals surface area contributed by atoms with Crippen LogP contribution in [0.3, 0.4) is 0 Å². The Hall–Kier alpha value is -3.01. The molecule has 0 aliphatic carbocycles. The summed E-state index contributed by atoms with van der Waals surface area (Å²) in [6.45, 7) is 0. The summed E-state index contributed by atoms with van der Waals surface area (Å²) in [5.41, 5.74) is 3.43. The summed E-state index contributed by atoms with van der Waals surface area (Å²) in [5, 5.41) is 2.82. The largest absolute Gasteiger partial charge is 0.322 e. The molecule has 0 unspecified atom stereocenters. The molecule has 0 spiro atoms. The Kier molecular flexibility index (Phi) is 3.69. The summed E-state index contributed by atoms with van der Waals surface area (Å²) < 4.78 is 0. The minimum absolute atomic E-state index is 0.219. The van der Waals surface area contributed by atoms with Gasteiger partial charge in [-0.2, -0.15) is 0 Å². The van der Waals surface area contributed by atoms with Crippen LogP contribution in [0.5, 0.6) is 0 Å². The van der Waals surface area contributed by atoms with E-state index in [1.165, 1.54) is 18.7 Å². The van der Waals surface area contributed by atoms with Crippen LogP contribution in [-0.2, 0) is 0 Å². The highest BCUT2D eigenvalue weighted by Crippen LogP contribution is 2.21. The number of aromatic nitrogens is 2. The van der Waals surface area contributed by atoms with Crippen molar-refractivity contribution < 1.29 is 4.79 Å². The minimum Gasteiger partial charge on any atom is -0.322 e. The van der Waals surface area contributed by atoms with Crippen LogP contribution in [0.15, 0.2) is 73.3 Å². The van der Waals surface area contributed by atoms with Gasteiger partial charge < -0.3 is 5.32 Å². The van der Waals surface area contributed by atoms with Crippen molar-refractivity contribution in [2.24, 2.45) is 0 Å². The third-order valence-corrected chi connectivity index (χ3v) is 3.07. The molecule has 1 amide bonds. The molecule has 102 valence electrons. The molecule has 0 saturated carbocycles. The van der Waals surface area contributed by atoms with E-state index in [0.717, 1.165) is 16.8 Å². The Morgan fingerprint density at radius 1 is 0.810 bits per heavy atom. The fraction of sp³-hybridized carbons (Fsp3) is 0. The molecule has 2 aromatic carbocycles. The number of amides is 1. The van der Waals surface area contributed by atoms with Crippen molar-refractivity contribution in [3.8, 4) is 11.1 Å². The SMILES string of the molecule is O=C(Nc1ccc(-c2ccccc2)cc1)c1cncnc1. The maximum Gasteiger partial charge on any atom is 0.258 e. The molecule has 4 heteroatoms. The van der Waals surface area contributed by atoms with Gasteiger partial charge in [0.1, 0.15) is 6.33 Å². The molecule has 0 bridgehead atoms.